The van der Waals surface area contributed by atoms with Crippen LogP contribution in [0.15, 0.2) is 71.1 Å². The van der Waals surface area contributed by atoms with Gasteiger partial charge in [0.2, 0.25) is 11.0 Å². The van der Waals surface area contributed by atoms with Crippen molar-refractivity contribution < 1.29 is 40.9 Å². The summed E-state index contributed by atoms with van der Waals surface area (Å²) in [7, 11) is -4.34. The Balaban J connectivity index is 0.000000556. The van der Waals surface area contributed by atoms with E-state index in [2.05, 4.69) is 24.0 Å². The summed E-state index contributed by atoms with van der Waals surface area (Å²) >= 11 is 0. The van der Waals surface area contributed by atoms with Gasteiger partial charge in [0.05, 0.1) is 24.6 Å². The fourth-order valence-electron chi connectivity index (χ4n) is 3.73. The molecule has 0 unspecified atom stereocenters. The van der Waals surface area contributed by atoms with E-state index in [4.69, 9.17) is 18.6 Å². The van der Waals surface area contributed by atoms with E-state index >= 15 is 0 Å². The lowest BCUT2D eigenvalue weighted by molar-refractivity contribution is -0.401. The Labute approximate surface area is 205 Å². The van der Waals surface area contributed by atoms with Gasteiger partial charge in [-0.3, -0.25) is 0 Å². The lowest BCUT2D eigenvalue weighted by Crippen LogP contribution is -2.70. The lowest BCUT2D eigenvalue weighted by Gasteiger charge is -2.17. The molecule has 0 spiro atoms. The molecular weight excluding hydrogens is 477 g/mol. The molecule has 10 heteroatoms. The monoisotopic (exact) mass is 501 g/mol. The molecule has 1 aromatic heterocycles. The number of rotatable bonds is 4. The largest absolute Gasteiger partial charge is 0.673 e. The first-order valence-corrected chi connectivity index (χ1v) is 11.3. The SMILES string of the molecule is CCc1ccc2oc(-c3ccc(OC)cc3)cc(=[NH+]c3ccc4c(c3)OCCO4)c2c1.F[B-](F)(F)F. The van der Waals surface area contributed by atoms with Gasteiger partial charge in [-0.2, -0.15) is 0 Å². The second-order valence-electron chi connectivity index (χ2n) is 7.92. The third-order valence-electron chi connectivity index (χ3n) is 5.43. The van der Waals surface area contributed by atoms with Gasteiger partial charge >= 0.3 is 7.25 Å². The highest BCUT2D eigenvalue weighted by molar-refractivity contribution is 6.50. The second-order valence-corrected chi connectivity index (χ2v) is 7.92. The van der Waals surface area contributed by atoms with Crippen molar-refractivity contribution in [2.45, 2.75) is 13.3 Å². The van der Waals surface area contributed by atoms with Gasteiger partial charge in [0.25, 0.3) is 0 Å². The van der Waals surface area contributed by atoms with Gasteiger partial charge in [-0.25, -0.2) is 4.99 Å². The molecule has 2 heterocycles. The van der Waals surface area contributed by atoms with Crippen molar-refractivity contribution in [3.63, 3.8) is 0 Å². The van der Waals surface area contributed by atoms with Gasteiger partial charge in [0, 0.05) is 11.6 Å². The molecule has 3 aromatic carbocycles. The molecule has 0 radical (unpaired) electrons. The topological polar surface area (TPSA) is 54.8 Å². The van der Waals surface area contributed by atoms with Crippen molar-refractivity contribution in [1.82, 2.24) is 0 Å². The fraction of sp³-hybridized carbons (Fsp3) is 0.192. The second kappa shape index (κ2) is 10.8. The number of benzene rings is 3. The zero-order chi connectivity index (χ0) is 25.7. The average molecular weight is 501 g/mol. The van der Waals surface area contributed by atoms with E-state index in [0.717, 1.165) is 57.0 Å². The summed E-state index contributed by atoms with van der Waals surface area (Å²) in [4.78, 5) is 3.56. The van der Waals surface area contributed by atoms with Crippen LogP contribution < -0.4 is 24.6 Å². The van der Waals surface area contributed by atoms with E-state index in [1.54, 1.807) is 7.11 Å². The third-order valence-corrected chi connectivity index (χ3v) is 5.43. The Morgan fingerprint density at radius 1 is 0.861 bits per heavy atom. The molecule has 0 saturated heterocycles. The van der Waals surface area contributed by atoms with Crippen LogP contribution in [-0.4, -0.2) is 27.6 Å². The molecule has 0 aliphatic carbocycles. The molecule has 0 fully saturated rings. The number of methoxy groups -OCH3 is 1. The van der Waals surface area contributed by atoms with Crippen molar-refractivity contribution in [3.05, 3.63) is 77.7 Å². The smallest absolute Gasteiger partial charge is 0.497 e. The number of aryl methyl sites for hydroxylation is 1. The molecule has 188 valence electrons. The zero-order valence-electron chi connectivity index (χ0n) is 19.7. The standard InChI is InChI=1S/C26H23NO4.BF4/c1-3-17-4-10-23-21(14-17)22(16-25(31-23)18-5-8-20(28-2)9-6-18)27-19-7-11-24-26(15-19)30-13-12-29-24;2-1(3,4)5/h4-11,14-16H,3,12-13H2,1-2H3;/q;-1/p+1. The van der Waals surface area contributed by atoms with Crippen LogP contribution in [0.5, 0.6) is 17.2 Å². The summed E-state index contributed by atoms with van der Waals surface area (Å²) in [5, 5.41) is 2.01. The van der Waals surface area contributed by atoms with Gasteiger partial charge in [0.15, 0.2) is 11.5 Å². The van der Waals surface area contributed by atoms with Crippen LogP contribution in [0, 0.1) is 0 Å². The fourth-order valence-corrected chi connectivity index (χ4v) is 3.73. The molecule has 0 atom stereocenters. The Morgan fingerprint density at radius 2 is 1.56 bits per heavy atom. The Kier molecular flexibility index (Phi) is 7.52. The number of halogens is 4. The minimum Gasteiger partial charge on any atom is -0.497 e. The highest BCUT2D eigenvalue weighted by atomic mass is 19.5. The first-order chi connectivity index (χ1) is 17.2. The predicted molar refractivity (Wildman–Crippen MR) is 129 cm³/mol. The van der Waals surface area contributed by atoms with Gasteiger partial charge in [0.1, 0.15) is 30.3 Å². The zero-order valence-corrected chi connectivity index (χ0v) is 19.7. The van der Waals surface area contributed by atoms with Crippen LogP contribution in [-0.2, 0) is 6.42 Å². The number of fused-ring (bicyclic) bond motifs is 2. The highest BCUT2D eigenvalue weighted by Gasteiger charge is 2.20. The van der Waals surface area contributed by atoms with E-state index in [1.807, 2.05) is 54.6 Å². The number of ether oxygens (including phenoxy) is 3. The number of hydrogen-bond donors (Lipinski definition) is 1. The molecule has 1 N–H and O–H groups in total. The number of nitrogens with one attached hydrogen (secondary N) is 1. The number of hydrogen-bond acceptors (Lipinski definition) is 4. The quantitative estimate of drug-likeness (QED) is 0.314. The summed E-state index contributed by atoms with van der Waals surface area (Å²) in [5.74, 6) is 3.12. The third kappa shape index (κ3) is 6.38. The van der Waals surface area contributed by atoms with Gasteiger partial charge in [-0.1, -0.05) is 13.0 Å². The molecule has 5 nitrogen and oxygen atoms in total. The van der Waals surface area contributed by atoms with Crippen LogP contribution in [0.2, 0.25) is 0 Å². The first kappa shape index (κ1) is 25.2. The minimum absolute atomic E-state index is 0.561. The van der Waals surface area contributed by atoms with Crippen molar-refractivity contribution in [2.24, 2.45) is 0 Å². The van der Waals surface area contributed by atoms with E-state index < -0.39 is 7.25 Å². The molecule has 1 aliphatic heterocycles. The summed E-state index contributed by atoms with van der Waals surface area (Å²) < 4.78 is 61.9. The van der Waals surface area contributed by atoms with Crippen LogP contribution >= 0.6 is 0 Å². The van der Waals surface area contributed by atoms with Crippen molar-refractivity contribution in [2.75, 3.05) is 20.3 Å². The molecule has 4 aromatic rings. The summed E-state index contributed by atoms with van der Waals surface area (Å²) in [6.45, 7) is 3.29. The van der Waals surface area contributed by atoms with E-state index in [0.29, 0.717) is 13.2 Å². The maximum atomic E-state index is 9.75. The summed E-state index contributed by atoms with van der Waals surface area (Å²) in [5.41, 5.74) is 3.99. The van der Waals surface area contributed by atoms with Crippen LogP contribution in [0.3, 0.4) is 0 Å². The molecule has 1 aliphatic rings. The molecule has 0 amide bonds. The lowest BCUT2D eigenvalue weighted by atomic mass is 10.1. The predicted octanol–water partition coefficient (Wildman–Crippen LogP) is 5.06. The summed E-state index contributed by atoms with van der Waals surface area (Å²) in [6.07, 6.45) is 0.958. The molecule has 36 heavy (non-hydrogen) atoms. The molecule has 5 rings (SSSR count). The van der Waals surface area contributed by atoms with Gasteiger partial charge in [-0.15, -0.1) is 0 Å². The van der Waals surface area contributed by atoms with Gasteiger partial charge < -0.3 is 35.9 Å². The van der Waals surface area contributed by atoms with E-state index in [1.165, 1.54) is 5.56 Å². The van der Waals surface area contributed by atoms with Crippen LogP contribution in [0.1, 0.15) is 12.5 Å². The van der Waals surface area contributed by atoms with Crippen LogP contribution in [0.4, 0.5) is 23.0 Å². The van der Waals surface area contributed by atoms with E-state index in [-0.39, 0.29) is 0 Å². The average Bonchev–Trinajstić information content (AvgIpc) is 2.87. The van der Waals surface area contributed by atoms with Crippen molar-refractivity contribution in [1.29, 1.82) is 0 Å². The minimum atomic E-state index is -6.00. The molecule has 0 bridgehead atoms. The van der Waals surface area contributed by atoms with Crippen molar-refractivity contribution in [3.8, 4) is 28.6 Å². The molecule has 0 saturated carbocycles. The van der Waals surface area contributed by atoms with Crippen molar-refractivity contribution >= 4 is 23.9 Å². The first-order valence-electron chi connectivity index (χ1n) is 11.3. The highest BCUT2D eigenvalue weighted by Crippen LogP contribution is 2.31. The Morgan fingerprint density at radius 3 is 2.22 bits per heavy atom. The van der Waals surface area contributed by atoms with E-state index in [9.17, 15) is 17.3 Å². The Bertz CT molecular complexity index is 1410. The normalized spacial score (nSPS) is 13.2. The van der Waals surface area contributed by atoms with Crippen LogP contribution in [0.25, 0.3) is 22.3 Å². The van der Waals surface area contributed by atoms with Gasteiger partial charge in [-0.05, 0) is 54.4 Å². The summed E-state index contributed by atoms with van der Waals surface area (Å²) in [6, 6.07) is 22.1. The maximum absolute atomic E-state index is 9.75. The molecular formula is C26H24BF4NO4. The maximum Gasteiger partial charge on any atom is 0.673 e. The Hall–Kier alpha value is -3.95.